The van der Waals surface area contributed by atoms with Gasteiger partial charge in [0.1, 0.15) is 0 Å². The van der Waals surface area contributed by atoms with Crippen LogP contribution in [0.4, 0.5) is 0 Å². The second-order valence-corrected chi connectivity index (χ2v) is 4.28. The molecule has 0 aromatic rings. The fourth-order valence-electron chi connectivity index (χ4n) is 1.93. The number of carbonyl (C=O) groups excluding carboxylic acids is 1. The Labute approximate surface area is 85.9 Å². The number of nitrogens with one attached hydrogen (secondary N) is 1. The summed E-state index contributed by atoms with van der Waals surface area (Å²) in [5.74, 6) is 0.323. The van der Waals surface area contributed by atoms with Gasteiger partial charge in [0.05, 0.1) is 6.10 Å². The smallest absolute Gasteiger partial charge is 0.223 e. The van der Waals surface area contributed by atoms with Gasteiger partial charge >= 0.3 is 0 Å². The number of aliphatic hydroxyl groups is 1. The van der Waals surface area contributed by atoms with Crippen molar-refractivity contribution < 1.29 is 9.90 Å². The highest BCUT2D eigenvalue weighted by molar-refractivity contribution is 5.78. The van der Waals surface area contributed by atoms with E-state index in [1.807, 2.05) is 0 Å². The minimum Gasteiger partial charge on any atom is -0.392 e. The fourth-order valence-corrected chi connectivity index (χ4v) is 1.93. The second-order valence-electron chi connectivity index (χ2n) is 4.28. The number of hydrogen-bond acceptors (Lipinski definition) is 2. The van der Waals surface area contributed by atoms with Gasteiger partial charge in [-0.25, -0.2) is 0 Å². The Morgan fingerprint density at radius 2 is 1.93 bits per heavy atom. The standard InChI is InChI=1S/C11H21NO2/c1-9(13)8-12-11(14)10-6-4-2-3-5-7-10/h9-10,13H,2-8H2,1H3,(H,12,14)/t9-/m0/s1. The van der Waals surface area contributed by atoms with Gasteiger partial charge in [-0.1, -0.05) is 25.7 Å². The molecule has 1 aliphatic rings. The lowest BCUT2D eigenvalue weighted by Crippen LogP contribution is -2.35. The van der Waals surface area contributed by atoms with E-state index in [1.54, 1.807) is 6.92 Å². The van der Waals surface area contributed by atoms with Gasteiger partial charge < -0.3 is 10.4 Å². The van der Waals surface area contributed by atoms with E-state index < -0.39 is 6.10 Å². The minimum atomic E-state index is -0.440. The van der Waals surface area contributed by atoms with E-state index in [2.05, 4.69) is 5.32 Å². The molecule has 1 saturated carbocycles. The molecule has 14 heavy (non-hydrogen) atoms. The molecule has 0 heterocycles. The lowest BCUT2D eigenvalue weighted by atomic mass is 9.99. The van der Waals surface area contributed by atoms with Crippen LogP contribution in [0.5, 0.6) is 0 Å². The third-order valence-electron chi connectivity index (χ3n) is 2.80. The Morgan fingerprint density at radius 3 is 2.43 bits per heavy atom. The predicted molar refractivity (Wildman–Crippen MR) is 55.9 cm³/mol. The van der Waals surface area contributed by atoms with Crippen LogP contribution in [0.2, 0.25) is 0 Å². The van der Waals surface area contributed by atoms with Gasteiger partial charge in [0, 0.05) is 12.5 Å². The van der Waals surface area contributed by atoms with E-state index >= 15 is 0 Å². The Kier molecular flexibility index (Phi) is 4.94. The normalized spacial score (nSPS) is 21.3. The van der Waals surface area contributed by atoms with E-state index in [0.717, 1.165) is 12.8 Å². The van der Waals surface area contributed by atoms with Crippen molar-refractivity contribution in [1.29, 1.82) is 0 Å². The highest BCUT2D eigenvalue weighted by Crippen LogP contribution is 2.22. The van der Waals surface area contributed by atoms with Crippen molar-refractivity contribution in [1.82, 2.24) is 5.32 Å². The van der Waals surface area contributed by atoms with Crippen molar-refractivity contribution in [3.05, 3.63) is 0 Å². The molecule has 0 spiro atoms. The van der Waals surface area contributed by atoms with Gasteiger partial charge in [-0.05, 0) is 19.8 Å². The monoisotopic (exact) mass is 199 g/mol. The van der Waals surface area contributed by atoms with Crippen LogP contribution in [0.3, 0.4) is 0 Å². The first-order chi connectivity index (χ1) is 6.70. The van der Waals surface area contributed by atoms with Crippen molar-refractivity contribution in [2.24, 2.45) is 5.92 Å². The van der Waals surface area contributed by atoms with Crippen molar-refractivity contribution in [3.8, 4) is 0 Å². The molecule has 0 radical (unpaired) electrons. The van der Waals surface area contributed by atoms with Crippen molar-refractivity contribution in [2.75, 3.05) is 6.54 Å². The molecule has 1 rings (SSSR count). The van der Waals surface area contributed by atoms with Crippen molar-refractivity contribution in [3.63, 3.8) is 0 Å². The Morgan fingerprint density at radius 1 is 1.36 bits per heavy atom. The number of carbonyl (C=O) groups is 1. The molecule has 1 amide bonds. The minimum absolute atomic E-state index is 0.132. The van der Waals surface area contributed by atoms with Gasteiger partial charge in [0.15, 0.2) is 0 Å². The zero-order valence-electron chi connectivity index (χ0n) is 8.96. The van der Waals surface area contributed by atoms with Crippen LogP contribution in [0.15, 0.2) is 0 Å². The van der Waals surface area contributed by atoms with E-state index in [0.29, 0.717) is 6.54 Å². The van der Waals surface area contributed by atoms with Crippen LogP contribution in [-0.4, -0.2) is 23.7 Å². The van der Waals surface area contributed by atoms with Crippen LogP contribution in [0.1, 0.15) is 45.4 Å². The van der Waals surface area contributed by atoms with Crippen LogP contribution in [0, 0.1) is 5.92 Å². The molecule has 3 nitrogen and oxygen atoms in total. The van der Waals surface area contributed by atoms with Crippen molar-refractivity contribution in [2.45, 2.75) is 51.6 Å². The number of hydrogen-bond donors (Lipinski definition) is 2. The molecule has 82 valence electrons. The van der Waals surface area contributed by atoms with Crippen LogP contribution >= 0.6 is 0 Å². The van der Waals surface area contributed by atoms with Crippen LogP contribution in [0.25, 0.3) is 0 Å². The molecular weight excluding hydrogens is 178 g/mol. The summed E-state index contributed by atoms with van der Waals surface area (Å²) < 4.78 is 0. The maximum Gasteiger partial charge on any atom is 0.223 e. The van der Waals surface area contributed by atoms with E-state index in [4.69, 9.17) is 5.11 Å². The molecule has 1 fully saturated rings. The van der Waals surface area contributed by atoms with Gasteiger partial charge in [0.2, 0.25) is 5.91 Å². The quantitative estimate of drug-likeness (QED) is 0.676. The van der Waals surface area contributed by atoms with Crippen LogP contribution in [-0.2, 0) is 4.79 Å². The van der Waals surface area contributed by atoms with E-state index in [1.165, 1.54) is 25.7 Å². The number of rotatable bonds is 3. The molecule has 1 aliphatic carbocycles. The lowest BCUT2D eigenvalue weighted by molar-refractivity contribution is -0.125. The maximum absolute atomic E-state index is 11.6. The summed E-state index contributed by atoms with van der Waals surface area (Å²) in [5.41, 5.74) is 0. The summed E-state index contributed by atoms with van der Waals surface area (Å²) in [5, 5.41) is 11.8. The summed E-state index contributed by atoms with van der Waals surface area (Å²) >= 11 is 0. The Balaban J connectivity index is 2.27. The predicted octanol–water partition coefficient (Wildman–Crippen LogP) is 1.45. The first-order valence-electron chi connectivity index (χ1n) is 5.66. The SMILES string of the molecule is C[C@H](O)CNC(=O)C1CCCCCC1. The summed E-state index contributed by atoms with van der Waals surface area (Å²) in [6.07, 6.45) is 6.47. The molecule has 0 aromatic heterocycles. The summed E-state index contributed by atoms with van der Waals surface area (Å²) in [7, 11) is 0. The van der Waals surface area contributed by atoms with Crippen molar-refractivity contribution >= 4 is 5.91 Å². The van der Waals surface area contributed by atoms with Gasteiger partial charge in [-0.15, -0.1) is 0 Å². The fraction of sp³-hybridized carbons (Fsp3) is 0.909. The average Bonchev–Trinajstić information content (AvgIpc) is 2.42. The summed E-state index contributed by atoms with van der Waals surface area (Å²) in [4.78, 5) is 11.6. The average molecular weight is 199 g/mol. The zero-order chi connectivity index (χ0) is 10.4. The Bertz CT molecular complexity index is 172. The largest absolute Gasteiger partial charge is 0.392 e. The first kappa shape index (κ1) is 11.5. The van der Waals surface area contributed by atoms with E-state index in [-0.39, 0.29) is 11.8 Å². The van der Waals surface area contributed by atoms with Gasteiger partial charge in [-0.2, -0.15) is 0 Å². The molecule has 2 N–H and O–H groups in total. The molecule has 0 aromatic carbocycles. The molecule has 0 unspecified atom stereocenters. The van der Waals surface area contributed by atoms with Gasteiger partial charge in [0.25, 0.3) is 0 Å². The molecule has 0 aliphatic heterocycles. The molecule has 1 atom stereocenters. The van der Waals surface area contributed by atoms with E-state index in [9.17, 15) is 4.79 Å². The highest BCUT2D eigenvalue weighted by Gasteiger charge is 2.19. The zero-order valence-corrected chi connectivity index (χ0v) is 8.96. The third kappa shape index (κ3) is 4.09. The second kappa shape index (κ2) is 6.02. The Hall–Kier alpha value is -0.570. The lowest BCUT2D eigenvalue weighted by Gasteiger charge is -2.14. The number of amides is 1. The molecule has 0 saturated heterocycles. The number of aliphatic hydroxyl groups excluding tert-OH is 1. The molecular formula is C11H21NO2. The molecule has 0 bridgehead atoms. The molecule has 3 heteroatoms. The highest BCUT2D eigenvalue weighted by atomic mass is 16.3. The van der Waals surface area contributed by atoms with Crippen LogP contribution < -0.4 is 5.32 Å². The maximum atomic E-state index is 11.6. The third-order valence-corrected chi connectivity index (χ3v) is 2.80. The topological polar surface area (TPSA) is 49.3 Å². The summed E-state index contributed by atoms with van der Waals surface area (Å²) in [6.45, 7) is 2.07. The first-order valence-corrected chi connectivity index (χ1v) is 5.66. The van der Waals surface area contributed by atoms with Gasteiger partial charge in [-0.3, -0.25) is 4.79 Å². The summed E-state index contributed by atoms with van der Waals surface area (Å²) in [6, 6.07) is 0.